The monoisotopic (exact) mass is 476 g/mol. The van der Waals surface area contributed by atoms with Crippen LogP contribution in [0.5, 0.6) is 5.75 Å². The summed E-state index contributed by atoms with van der Waals surface area (Å²) in [7, 11) is 0. The second-order valence-electron chi connectivity index (χ2n) is 10.4. The van der Waals surface area contributed by atoms with E-state index in [-0.39, 0.29) is 18.0 Å². The molecule has 0 amide bonds. The fourth-order valence-corrected chi connectivity index (χ4v) is 6.13. The van der Waals surface area contributed by atoms with Gasteiger partial charge in [-0.25, -0.2) is 17.6 Å². The smallest absolute Gasteiger partial charge is 0.194 e. The highest BCUT2D eigenvalue weighted by atomic mass is 19.2. The maximum Gasteiger partial charge on any atom is 0.194 e. The van der Waals surface area contributed by atoms with E-state index in [2.05, 4.69) is 6.92 Å². The van der Waals surface area contributed by atoms with Crippen molar-refractivity contribution in [2.45, 2.75) is 90.1 Å². The van der Waals surface area contributed by atoms with E-state index in [1.807, 2.05) is 6.07 Å². The van der Waals surface area contributed by atoms with Gasteiger partial charge in [0.25, 0.3) is 0 Å². The van der Waals surface area contributed by atoms with Crippen molar-refractivity contribution in [3.05, 3.63) is 64.7 Å². The van der Waals surface area contributed by atoms with Gasteiger partial charge in [-0.05, 0) is 97.6 Å². The van der Waals surface area contributed by atoms with Crippen molar-refractivity contribution in [2.24, 2.45) is 17.8 Å². The lowest BCUT2D eigenvalue weighted by molar-refractivity contribution is 0.155. The van der Waals surface area contributed by atoms with Crippen LogP contribution in [-0.4, -0.2) is 0 Å². The molecule has 0 saturated heterocycles. The van der Waals surface area contributed by atoms with E-state index in [9.17, 15) is 17.6 Å². The highest BCUT2D eigenvalue weighted by Crippen LogP contribution is 2.45. The minimum atomic E-state index is -1.50. The van der Waals surface area contributed by atoms with E-state index >= 15 is 0 Å². The van der Waals surface area contributed by atoms with Crippen LogP contribution in [0.15, 0.2) is 30.3 Å². The zero-order valence-corrected chi connectivity index (χ0v) is 20.1. The maximum absolute atomic E-state index is 14.3. The zero-order valence-electron chi connectivity index (χ0n) is 20.1. The molecular formula is C29H36F4O. The van der Waals surface area contributed by atoms with Crippen LogP contribution in [0.3, 0.4) is 0 Å². The third kappa shape index (κ3) is 6.34. The Morgan fingerprint density at radius 3 is 2.00 bits per heavy atom. The number of ether oxygens (including phenoxy) is 1. The van der Waals surface area contributed by atoms with Gasteiger partial charge in [0.15, 0.2) is 17.5 Å². The number of halogens is 4. The van der Waals surface area contributed by atoms with Gasteiger partial charge in [-0.15, -0.1) is 0 Å². The van der Waals surface area contributed by atoms with Crippen molar-refractivity contribution in [3.63, 3.8) is 0 Å². The zero-order chi connectivity index (χ0) is 24.1. The van der Waals surface area contributed by atoms with E-state index < -0.39 is 17.5 Å². The molecule has 0 unspecified atom stereocenters. The summed E-state index contributed by atoms with van der Waals surface area (Å²) in [6.45, 7) is 2.11. The largest absolute Gasteiger partial charge is 0.489 e. The van der Waals surface area contributed by atoms with Crippen LogP contribution < -0.4 is 4.74 Å². The second-order valence-corrected chi connectivity index (χ2v) is 10.4. The Morgan fingerprint density at radius 2 is 1.38 bits per heavy atom. The van der Waals surface area contributed by atoms with Gasteiger partial charge in [-0.1, -0.05) is 39.0 Å². The summed E-state index contributed by atoms with van der Waals surface area (Å²) in [5.41, 5.74) is 1.08. The van der Waals surface area contributed by atoms with Crippen molar-refractivity contribution >= 4 is 0 Å². The Labute approximate surface area is 200 Å². The van der Waals surface area contributed by atoms with Crippen molar-refractivity contribution in [2.75, 3.05) is 0 Å². The fraction of sp³-hybridized carbons (Fsp3) is 0.586. The second kappa shape index (κ2) is 11.6. The summed E-state index contributed by atoms with van der Waals surface area (Å²) in [4.78, 5) is 0. The minimum Gasteiger partial charge on any atom is -0.489 e. The van der Waals surface area contributed by atoms with E-state index in [4.69, 9.17) is 4.74 Å². The first-order valence-corrected chi connectivity index (χ1v) is 13.0. The van der Waals surface area contributed by atoms with Crippen LogP contribution in [0.25, 0.3) is 0 Å². The quantitative estimate of drug-likeness (QED) is 0.273. The molecule has 1 nitrogen and oxygen atoms in total. The molecule has 0 spiro atoms. The summed E-state index contributed by atoms with van der Waals surface area (Å²) in [5.74, 6) is -1.20. The molecule has 2 aliphatic carbocycles. The number of hydrogen-bond donors (Lipinski definition) is 0. The van der Waals surface area contributed by atoms with E-state index in [1.165, 1.54) is 63.9 Å². The van der Waals surface area contributed by atoms with Crippen molar-refractivity contribution in [1.29, 1.82) is 0 Å². The lowest BCUT2D eigenvalue weighted by atomic mass is 9.68. The molecule has 2 aliphatic rings. The van der Waals surface area contributed by atoms with E-state index in [0.29, 0.717) is 11.7 Å². The number of rotatable bonds is 8. The van der Waals surface area contributed by atoms with Gasteiger partial charge in [0, 0.05) is 6.07 Å². The molecule has 2 aromatic carbocycles. The average Bonchev–Trinajstić information content (AvgIpc) is 2.85. The molecule has 0 aromatic heterocycles. The van der Waals surface area contributed by atoms with Crippen LogP contribution in [0.2, 0.25) is 0 Å². The fourth-order valence-electron chi connectivity index (χ4n) is 6.13. The van der Waals surface area contributed by atoms with Crippen LogP contribution >= 0.6 is 0 Å². The molecule has 34 heavy (non-hydrogen) atoms. The van der Waals surface area contributed by atoms with Gasteiger partial charge in [-0.3, -0.25) is 0 Å². The lowest BCUT2D eigenvalue weighted by Crippen LogP contribution is -2.25. The maximum atomic E-state index is 14.3. The Kier molecular flexibility index (Phi) is 8.55. The van der Waals surface area contributed by atoms with Gasteiger partial charge in [-0.2, -0.15) is 0 Å². The van der Waals surface area contributed by atoms with Gasteiger partial charge in [0.2, 0.25) is 0 Å². The molecule has 0 aliphatic heterocycles. The van der Waals surface area contributed by atoms with Gasteiger partial charge in [0.05, 0.1) is 0 Å². The summed E-state index contributed by atoms with van der Waals surface area (Å²) in [5, 5.41) is 0. The predicted molar refractivity (Wildman–Crippen MR) is 127 cm³/mol. The minimum absolute atomic E-state index is 0.159. The Hall–Kier alpha value is -2.04. The normalized spacial score (nSPS) is 25.3. The van der Waals surface area contributed by atoms with Crippen molar-refractivity contribution < 1.29 is 22.3 Å². The Balaban J connectivity index is 1.31. The van der Waals surface area contributed by atoms with Gasteiger partial charge >= 0.3 is 0 Å². The molecule has 0 atom stereocenters. The molecule has 0 N–H and O–H groups in total. The first kappa shape index (κ1) is 25.1. The summed E-state index contributed by atoms with van der Waals surface area (Å²) < 4.78 is 60.0. The van der Waals surface area contributed by atoms with Crippen LogP contribution in [0.4, 0.5) is 17.6 Å². The molecule has 0 heterocycles. The first-order valence-electron chi connectivity index (χ1n) is 13.0. The highest BCUT2D eigenvalue weighted by molar-refractivity contribution is 5.32. The van der Waals surface area contributed by atoms with Crippen LogP contribution in [0, 0.1) is 41.0 Å². The molecule has 2 aromatic rings. The van der Waals surface area contributed by atoms with Crippen molar-refractivity contribution in [1.82, 2.24) is 0 Å². The van der Waals surface area contributed by atoms with Crippen LogP contribution in [0.1, 0.15) is 94.6 Å². The number of benzene rings is 2. The standard InChI is InChI=1S/C29H36F4O/c1-2-3-4-19-5-7-21(8-6-19)22-9-11-23(12-10-22)24-15-25(30)17-26(16-24)34-18-20-13-27(31)29(33)28(32)14-20/h13-17,19,21-23H,2-12,18H2,1H3. The molecule has 5 heteroatoms. The van der Waals surface area contributed by atoms with Gasteiger partial charge < -0.3 is 4.74 Å². The van der Waals surface area contributed by atoms with Crippen molar-refractivity contribution in [3.8, 4) is 5.75 Å². The van der Waals surface area contributed by atoms with E-state index in [0.717, 1.165) is 48.3 Å². The topological polar surface area (TPSA) is 9.23 Å². The lowest BCUT2D eigenvalue weighted by Gasteiger charge is -2.38. The molecule has 2 fully saturated rings. The summed E-state index contributed by atoms with van der Waals surface area (Å²) >= 11 is 0. The number of hydrogen-bond acceptors (Lipinski definition) is 1. The molecule has 0 radical (unpaired) electrons. The Bertz CT molecular complexity index is 920. The molecule has 186 valence electrons. The van der Waals surface area contributed by atoms with Crippen LogP contribution in [-0.2, 0) is 6.61 Å². The molecular weight excluding hydrogens is 440 g/mol. The Morgan fingerprint density at radius 1 is 0.765 bits per heavy atom. The molecule has 2 saturated carbocycles. The van der Waals surface area contributed by atoms with Gasteiger partial charge in [0.1, 0.15) is 18.2 Å². The predicted octanol–water partition coefficient (Wildman–Crippen LogP) is 9.09. The summed E-state index contributed by atoms with van der Waals surface area (Å²) in [6, 6.07) is 6.49. The summed E-state index contributed by atoms with van der Waals surface area (Å²) in [6.07, 6.45) is 14.0. The third-order valence-corrected chi connectivity index (χ3v) is 8.11. The molecule has 4 rings (SSSR count). The molecule has 0 bridgehead atoms. The first-order chi connectivity index (χ1) is 16.4. The van der Waals surface area contributed by atoms with E-state index in [1.54, 1.807) is 6.07 Å². The average molecular weight is 477 g/mol. The highest BCUT2D eigenvalue weighted by Gasteiger charge is 2.31. The SMILES string of the molecule is CCCCC1CCC(C2CCC(c3cc(F)cc(OCc4cc(F)c(F)c(F)c4)c3)CC2)CC1. The number of unbranched alkanes of at least 4 members (excludes halogenated alkanes) is 1. The third-order valence-electron chi connectivity index (χ3n) is 8.11.